The van der Waals surface area contributed by atoms with E-state index in [1.165, 1.54) is 53.8 Å². The Labute approximate surface area is 345 Å². The van der Waals surface area contributed by atoms with Gasteiger partial charge in [0.1, 0.15) is 0 Å². The Morgan fingerprint density at radius 1 is 0.390 bits per heavy atom. The molecule has 4 nitrogen and oxygen atoms in total. The number of benzene rings is 8. The molecule has 280 valence electrons. The fourth-order valence-electron chi connectivity index (χ4n) is 9.61. The molecule has 0 fully saturated rings. The van der Waals surface area contributed by atoms with Crippen LogP contribution in [-0.2, 0) is 5.41 Å². The minimum Gasteiger partial charge on any atom is -0.278 e. The first-order chi connectivity index (χ1) is 29.0. The zero-order valence-electron chi connectivity index (χ0n) is 32.9. The molecule has 8 aromatic carbocycles. The Kier molecular flexibility index (Phi) is 8.14. The first kappa shape index (κ1) is 35.0. The third kappa shape index (κ3) is 5.46. The molecule has 0 atom stereocenters. The van der Waals surface area contributed by atoms with Gasteiger partial charge >= 0.3 is 0 Å². The van der Waals surface area contributed by atoms with E-state index in [0.29, 0.717) is 17.6 Å². The van der Waals surface area contributed by atoms with Gasteiger partial charge in [0.25, 0.3) is 0 Å². The summed E-state index contributed by atoms with van der Waals surface area (Å²) in [6.45, 7) is 4.78. The van der Waals surface area contributed by atoms with Gasteiger partial charge < -0.3 is 0 Å². The van der Waals surface area contributed by atoms with E-state index in [0.717, 1.165) is 22.2 Å². The fourth-order valence-corrected chi connectivity index (χ4v) is 14.4. The molecule has 0 aliphatic heterocycles. The van der Waals surface area contributed by atoms with Crippen LogP contribution in [-0.4, -0.2) is 27.6 Å². The van der Waals surface area contributed by atoms with Gasteiger partial charge in [-0.3, -0.25) is 4.57 Å². The molecule has 0 spiro atoms. The van der Waals surface area contributed by atoms with Gasteiger partial charge in [-0.2, -0.15) is 9.97 Å². The topological polar surface area (TPSA) is 43.6 Å². The van der Waals surface area contributed by atoms with Crippen LogP contribution in [0, 0.1) is 0 Å². The lowest BCUT2D eigenvalue weighted by Gasteiger charge is -2.35. The second-order valence-corrected chi connectivity index (χ2v) is 19.8. The fraction of sp³-hybridized carbons (Fsp3) is 0.0556. The zero-order chi connectivity index (χ0) is 39.6. The van der Waals surface area contributed by atoms with E-state index in [1.54, 1.807) is 0 Å². The number of hydrogen-bond acceptors (Lipinski definition) is 3. The average Bonchev–Trinajstić information content (AvgIpc) is 3.74. The summed E-state index contributed by atoms with van der Waals surface area (Å²) in [6, 6.07) is 74.8. The van der Waals surface area contributed by atoms with Crippen molar-refractivity contribution < 1.29 is 0 Å². The maximum atomic E-state index is 5.21. The van der Waals surface area contributed by atoms with Gasteiger partial charge in [0, 0.05) is 27.3 Å². The van der Waals surface area contributed by atoms with Crippen molar-refractivity contribution in [2.24, 2.45) is 0 Å². The summed E-state index contributed by atoms with van der Waals surface area (Å²) in [5.41, 5.74) is 8.98. The number of rotatable bonds is 7. The smallest absolute Gasteiger partial charge is 0.238 e. The summed E-state index contributed by atoms with van der Waals surface area (Å²) in [4.78, 5) is 15.4. The van der Waals surface area contributed by atoms with Crippen molar-refractivity contribution in [3.63, 3.8) is 0 Å². The summed E-state index contributed by atoms with van der Waals surface area (Å²) < 4.78 is 2.24. The van der Waals surface area contributed by atoms with Crippen molar-refractivity contribution in [1.29, 1.82) is 0 Å². The molecule has 0 N–H and O–H groups in total. The molecule has 0 saturated heterocycles. The minimum absolute atomic E-state index is 0.288. The number of fused-ring (bicyclic) bond motifs is 6. The molecule has 5 heteroatoms. The zero-order valence-corrected chi connectivity index (χ0v) is 33.9. The van der Waals surface area contributed by atoms with Gasteiger partial charge in [-0.1, -0.05) is 202 Å². The summed E-state index contributed by atoms with van der Waals surface area (Å²) >= 11 is 0. The Balaban J connectivity index is 1.15. The van der Waals surface area contributed by atoms with Gasteiger partial charge in [0.2, 0.25) is 5.95 Å². The normalized spacial score (nSPS) is 13.1. The number of aromatic nitrogens is 4. The van der Waals surface area contributed by atoms with Crippen molar-refractivity contribution in [2.75, 3.05) is 0 Å². The number of nitrogens with zero attached hydrogens (tertiary/aromatic N) is 4. The van der Waals surface area contributed by atoms with E-state index in [9.17, 15) is 0 Å². The molecule has 0 radical (unpaired) electrons. The van der Waals surface area contributed by atoms with Crippen LogP contribution in [0.3, 0.4) is 0 Å². The largest absolute Gasteiger partial charge is 0.278 e. The van der Waals surface area contributed by atoms with E-state index < -0.39 is 8.07 Å². The second-order valence-electron chi connectivity index (χ2n) is 16.0. The van der Waals surface area contributed by atoms with Crippen molar-refractivity contribution >= 4 is 50.6 Å². The van der Waals surface area contributed by atoms with Crippen LogP contribution in [0.15, 0.2) is 206 Å². The van der Waals surface area contributed by atoms with Crippen LogP contribution in [0.5, 0.6) is 0 Å². The highest BCUT2D eigenvalue weighted by Crippen LogP contribution is 2.51. The van der Waals surface area contributed by atoms with E-state index in [-0.39, 0.29) is 5.41 Å². The Hall–Kier alpha value is -7.21. The number of hydrogen-bond donors (Lipinski definition) is 0. The van der Waals surface area contributed by atoms with Gasteiger partial charge in [-0.05, 0) is 61.2 Å². The molecular weight excluding hydrogens is 733 g/mol. The lowest BCUT2D eigenvalue weighted by atomic mass is 9.82. The number of para-hydroxylation sites is 1. The Morgan fingerprint density at radius 2 is 0.864 bits per heavy atom. The predicted octanol–water partition coefficient (Wildman–Crippen LogP) is 9.99. The summed E-state index contributed by atoms with van der Waals surface area (Å²) in [7, 11) is -2.73. The Morgan fingerprint density at radius 3 is 1.41 bits per heavy atom. The minimum atomic E-state index is -2.73. The van der Waals surface area contributed by atoms with Crippen molar-refractivity contribution in [3.05, 3.63) is 217 Å². The molecule has 0 amide bonds. The van der Waals surface area contributed by atoms with Crippen LogP contribution >= 0.6 is 0 Å². The molecule has 1 aliphatic carbocycles. The third-order valence-corrected chi connectivity index (χ3v) is 17.2. The monoisotopic (exact) mass is 772 g/mol. The van der Waals surface area contributed by atoms with Crippen molar-refractivity contribution in [2.45, 2.75) is 19.3 Å². The molecular formula is C54H40N4Si. The molecule has 2 heterocycles. The summed E-state index contributed by atoms with van der Waals surface area (Å²) in [6.07, 6.45) is 0. The molecule has 2 aromatic heterocycles. The maximum Gasteiger partial charge on any atom is 0.238 e. The van der Waals surface area contributed by atoms with Gasteiger partial charge in [0.05, 0.1) is 11.0 Å². The van der Waals surface area contributed by atoms with Crippen LogP contribution in [0.25, 0.3) is 61.7 Å². The maximum absolute atomic E-state index is 5.21. The molecule has 0 unspecified atom stereocenters. The molecule has 0 bridgehead atoms. The van der Waals surface area contributed by atoms with E-state index in [1.807, 2.05) is 36.4 Å². The molecule has 11 rings (SSSR count). The quantitative estimate of drug-likeness (QED) is 0.120. The third-order valence-electron chi connectivity index (χ3n) is 12.4. The molecule has 10 aromatic rings. The molecule has 1 aliphatic rings. The Bertz CT molecular complexity index is 3010. The first-order valence-corrected chi connectivity index (χ1v) is 22.3. The SMILES string of the molecule is CC1(C)c2cc([Si](c3ccccc3)(c3ccccc3)c3ccccc3)ccc2-c2cc3c4ccccc4n(-c4nc(-c5ccccc5)nc(-c5ccccc5)n4)c3cc21. The van der Waals surface area contributed by atoms with Crippen molar-refractivity contribution in [3.8, 4) is 39.9 Å². The molecule has 59 heavy (non-hydrogen) atoms. The van der Waals surface area contributed by atoms with E-state index in [4.69, 9.17) is 15.0 Å². The predicted molar refractivity (Wildman–Crippen MR) is 246 cm³/mol. The standard InChI is InChI=1S/C54H40N4Si/c1-54(2)47-34-42(59(39-24-12-5-13-25-39,40-26-14-6-15-27-40)41-28-16-7-17-29-41)32-33-43(47)45-35-46-44-30-18-19-31-49(44)58(50(46)36-48(45)54)53-56-51(37-20-8-3-9-21-37)55-52(57-53)38-22-10-4-11-23-38/h3-36H,1-2H3. The van der Waals surface area contributed by atoms with Gasteiger partial charge in [-0.15, -0.1) is 0 Å². The lowest BCUT2D eigenvalue weighted by Crippen LogP contribution is -2.74. The van der Waals surface area contributed by atoms with Gasteiger partial charge in [-0.25, -0.2) is 4.98 Å². The van der Waals surface area contributed by atoms with Crippen molar-refractivity contribution in [1.82, 2.24) is 19.5 Å². The van der Waals surface area contributed by atoms with E-state index in [2.05, 4.69) is 188 Å². The first-order valence-electron chi connectivity index (χ1n) is 20.3. The average molecular weight is 773 g/mol. The van der Waals surface area contributed by atoms with Crippen LogP contribution < -0.4 is 20.7 Å². The summed E-state index contributed by atoms with van der Waals surface area (Å²) in [5.74, 6) is 1.89. The highest BCUT2D eigenvalue weighted by atomic mass is 28.3. The van der Waals surface area contributed by atoms with Crippen LogP contribution in [0.4, 0.5) is 0 Å². The van der Waals surface area contributed by atoms with Gasteiger partial charge in [0.15, 0.2) is 19.7 Å². The van der Waals surface area contributed by atoms with Crippen LogP contribution in [0.2, 0.25) is 0 Å². The highest BCUT2D eigenvalue weighted by molar-refractivity contribution is 7.19. The lowest BCUT2D eigenvalue weighted by molar-refractivity contribution is 0.661. The van der Waals surface area contributed by atoms with Crippen LogP contribution in [0.1, 0.15) is 25.0 Å². The summed E-state index contributed by atoms with van der Waals surface area (Å²) in [5, 5.41) is 7.85. The highest BCUT2D eigenvalue weighted by Gasteiger charge is 2.44. The molecule has 0 saturated carbocycles. The second kappa shape index (κ2) is 13.7. The van der Waals surface area contributed by atoms with E-state index >= 15 is 0 Å².